The molecule has 0 atom stereocenters. The summed E-state index contributed by atoms with van der Waals surface area (Å²) in [5.74, 6) is -0.0527. The summed E-state index contributed by atoms with van der Waals surface area (Å²) in [5.41, 5.74) is 8.82. The molecule has 0 spiro atoms. The number of hydrogen-bond acceptors (Lipinski definition) is 7. The van der Waals surface area contributed by atoms with E-state index in [0.29, 0.717) is 21.0 Å². The maximum Gasteiger partial charge on any atom is 0.263 e. The van der Waals surface area contributed by atoms with Crippen LogP contribution in [-0.4, -0.2) is 24.2 Å². The minimum absolute atomic E-state index is 0.0298. The first kappa shape index (κ1) is 20.0. The molecule has 0 saturated heterocycles. The predicted octanol–water partition coefficient (Wildman–Crippen LogP) is 3.92. The summed E-state index contributed by atoms with van der Waals surface area (Å²) in [4.78, 5) is 22.6. The molecule has 7 nitrogen and oxygen atoms in total. The number of nitrogens with two attached hydrogens (primary N) is 1. The lowest BCUT2D eigenvalue weighted by Gasteiger charge is -2.08. The number of aryl methyl sites for hydroxylation is 2. The van der Waals surface area contributed by atoms with E-state index in [9.17, 15) is 13.2 Å². The third-order valence-electron chi connectivity index (χ3n) is 4.56. The topological polar surface area (TPSA) is 115 Å². The van der Waals surface area contributed by atoms with E-state index in [-0.39, 0.29) is 16.5 Å². The lowest BCUT2D eigenvalue weighted by molar-refractivity contribution is 0.104. The van der Waals surface area contributed by atoms with Crippen LogP contribution in [-0.2, 0) is 10.0 Å². The fourth-order valence-electron chi connectivity index (χ4n) is 3.17. The quantitative estimate of drug-likeness (QED) is 0.456. The molecule has 3 aromatic heterocycles. The molecule has 0 fully saturated rings. The van der Waals surface area contributed by atoms with Crippen molar-refractivity contribution in [2.24, 2.45) is 0 Å². The van der Waals surface area contributed by atoms with Gasteiger partial charge < -0.3 is 5.73 Å². The number of benzene rings is 1. The van der Waals surface area contributed by atoms with Gasteiger partial charge in [-0.3, -0.25) is 9.52 Å². The number of nitrogens with one attached hydrogen (secondary N) is 1. The van der Waals surface area contributed by atoms with Crippen LogP contribution >= 0.6 is 11.3 Å². The van der Waals surface area contributed by atoms with Crippen LogP contribution in [0.15, 0.2) is 59.6 Å². The summed E-state index contributed by atoms with van der Waals surface area (Å²) in [7, 11) is -3.82. The van der Waals surface area contributed by atoms with Crippen molar-refractivity contribution in [3.05, 3.63) is 76.4 Å². The largest absolute Gasteiger partial charge is 0.397 e. The van der Waals surface area contributed by atoms with Gasteiger partial charge in [0.15, 0.2) is 0 Å². The van der Waals surface area contributed by atoms with Crippen molar-refractivity contribution in [3.8, 4) is 0 Å². The van der Waals surface area contributed by atoms with E-state index in [4.69, 9.17) is 5.73 Å². The number of nitrogen functional groups attached to an aromatic ring is 1. The maximum absolute atomic E-state index is 13.0. The summed E-state index contributed by atoms with van der Waals surface area (Å²) >= 11 is 1.24. The molecule has 3 heterocycles. The molecular weight excluding hydrogens is 420 g/mol. The zero-order valence-electron chi connectivity index (χ0n) is 16.2. The van der Waals surface area contributed by atoms with Gasteiger partial charge in [-0.1, -0.05) is 6.07 Å². The van der Waals surface area contributed by atoms with Crippen LogP contribution in [0.25, 0.3) is 10.2 Å². The van der Waals surface area contributed by atoms with E-state index in [1.54, 1.807) is 18.2 Å². The highest BCUT2D eigenvalue weighted by atomic mass is 32.2. The van der Waals surface area contributed by atoms with E-state index < -0.39 is 10.0 Å². The summed E-state index contributed by atoms with van der Waals surface area (Å²) in [6, 6.07) is 12.6. The number of carbonyl (C=O) groups excluding carboxylic acids is 1. The second-order valence-corrected chi connectivity index (χ2v) is 9.46. The number of ketones is 1. The fraction of sp³-hybridized carbons (Fsp3) is 0.0952. The minimum Gasteiger partial charge on any atom is -0.397 e. The lowest BCUT2D eigenvalue weighted by atomic mass is 10.1. The van der Waals surface area contributed by atoms with E-state index in [1.165, 1.54) is 41.8 Å². The number of sulfonamides is 1. The van der Waals surface area contributed by atoms with Crippen molar-refractivity contribution >= 4 is 48.9 Å². The van der Waals surface area contributed by atoms with Gasteiger partial charge in [0.2, 0.25) is 5.78 Å². The molecule has 0 saturated carbocycles. The van der Waals surface area contributed by atoms with Crippen LogP contribution in [0.1, 0.15) is 26.5 Å². The number of rotatable bonds is 5. The number of aromatic nitrogens is 2. The van der Waals surface area contributed by atoms with Crippen LogP contribution in [0.3, 0.4) is 0 Å². The Morgan fingerprint density at radius 2 is 1.83 bits per heavy atom. The first-order chi connectivity index (χ1) is 14.3. The van der Waals surface area contributed by atoms with Crippen molar-refractivity contribution in [1.29, 1.82) is 0 Å². The molecule has 0 aliphatic carbocycles. The lowest BCUT2D eigenvalue weighted by Crippen LogP contribution is -2.14. The maximum atomic E-state index is 13.0. The number of fused-ring (bicyclic) bond motifs is 1. The molecule has 1 aromatic carbocycles. The van der Waals surface area contributed by atoms with Gasteiger partial charge in [-0.05, 0) is 61.9 Å². The van der Waals surface area contributed by atoms with Gasteiger partial charge in [-0.25, -0.2) is 18.4 Å². The molecule has 0 radical (unpaired) electrons. The van der Waals surface area contributed by atoms with Crippen LogP contribution in [0.5, 0.6) is 0 Å². The third-order valence-corrected chi connectivity index (χ3v) is 7.03. The van der Waals surface area contributed by atoms with Crippen LogP contribution in [0.2, 0.25) is 0 Å². The van der Waals surface area contributed by atoms with Gasteiger partial charge in [0.1, 0.15) is 15.5 Å². The first-order valence-corrected chi connectivity index (χ1v) is 11.3. The molecule has 152 valence electrons. The predicted molar refractivity (Wildman–Crippen MR) is 118 cm³/mol. The van der Waals surface area contributed by atoms with Crippen molar-refractivity contribution < 1.29 is 13.2 Å². The minimum atomic E-state index is -3.82. The highest BCUT2D eigenvalue weighted by molar-refractivity contribution is 7.92. The van der Waals surface area contributed by atoms with Gasteiger partial charge in [-0.15, -0.1) is 11.3 Å². The molecule has 4 aromatic rings. The monoisotopic (exact) mass is 438 g/mol. The molecule has 0 amide bonds. The van der Waals surface area contributed by atoms with E-state index in [1.807, 2.05) is 19.9 Å². The number of carbonyl (C=O) groups is 1. The standard InChI is InChI=1S/C21H18N4O3S2/c1-12-11-13(2)24-21-17(12)18(22)20(29-21)19(26)14-6-8-15(9-7-14)30(27,28)25-16-5-3-4-10-23-16/h3-11H,22H2,1-2H3,(H,23,25). The van der Waals surface area contributed by atoms with Crippen LogP contribution in [0.4, 0.5) is 11.5 Å². The number of nitrogens with zero attached hydrogens (tertiary/aromatic N) is 2. The van der Waals surface area contributed by atoms with Gasteiger partial charge >= 0.3 is 0 Å². The van der Waals surface area contributed by atoms with Gasteiger partial charge in [0.05, 0.1) is 10.6 Å². The summed E-state index contributed by atoms with van der Waals surface area (Å²) in [6.45, 7) is 3.82. The van der Waals surface area contributed by atoms with Crippen molar-refractivity contribution in [3.63, 3.8) is 0 Å². The van der Waals surface area contributed by atoms with Crippen LogP contribution in [0, 0.1) is 13.8 Å². The third kappa shape index (κ3) is 3.64. The number of hydrogen-bond donors (Lipinski definition) is 2. The Labute approximate surface area is 177 Å². The van der Waals surface area contributed by atoms with E-state index >= 15 is 0 Å². The second-order valence-electron chi connectivity index (χ2n) is 6.78. The SMILES string of the molecule is Cc1cc(C)c2c(N)c(C(=O)c3ccc(S(=O)(=O)Nc4ccccn4)cc3)sc2n1. The molecule has 4 rings (SSSR count). The molecule has 0 bridgehead atoms. The van der Waals surface area contributed by atoms with Crippen molar-refractivity contribution in [1.82, 2.24) is 9.97 Å². The Bertz CT molecular complexity index is 1360. The molecule has 30 heavy (non-hydrogen) atoms. The highest BCUT2D eigenvalue weighted by Crippen LogP contribution is 2.36. The van der Waals surface area contributed by atoms with Gasteiger partial charge in [-0.2, -0.15) is 0 Å². The van der Waals surface area contributed by atoms with E-state index in [2.05, 4.69) is 14.7 Å². The molecule has 3 N–H and O–H groups in total. The van der Waals surface area contributed by atoms with Crippen molar-refractivity contribution in [2.75, 3.05) is 10.5 Å². The molecular formula is C21H18N4O3S2. The number of anilines is 2. The Hall–Kier alpha value is -3.30. The zero-order valence-corrected chi connectivity index (χ0v) is 17.8. The number of pyridine rings is 2. The average Bonchev–Trinajstić information content (AvgIpc) is 3.04. The van der Waals surface area contributed by atoms with E-state index in [0.717, 1.165) is 16.6 Å². The molecule has 0 unspecified atom stereocenters. The normalized spacial score (nSPS) is 11.5. The first-order valence-electron chi connectivity index (χ1n) is 9.01. The number of thiophene rings is 1. The van der Waals surface area contributed by atoms with Gasteiger partial charge in [0, 0.05) is 22.8 Å². The summed E-state index contributed by atoms with van der Waals surface area (Å²) in [6.07, 6.45) is 1.49. The zero-order chi connectivity index (χ0) is 21.5. The van der Waals surface area contributed by atoms with Gasteiger partial charge in [0.25, 0.3) is 10.0 Å². The highest BCUT2D eigenvalue weighted by Gasteiger charge is 2.21. The Morgan fingerprint density at radius 1 is 1.10 bits per heavy atom. The molecule has 0 aliphatic heterocycles. The summed E-state index contributed by atoms with van der Waals surface area (Å²) in [5, 5.41) is 0.785. The molecule has 0 aliphatic rings. The smallest absolute Gasteiger partial charge is 0.263 e. The fourth-order valence-corrected chi connectivity index (χ4v) is 5.36. The van der Waals surface area contributed by atoms with Crippen molar-refractivity contribution in [2.45, 2.75) is 18.7 Å². The van der Waals surface area contributed by atoms with Crippen LogP contribution < -0.4 is 10.5 Å². The Morgan fingerprint density at radius 3 is 2.50 bits per heavy atom. The Kier molecular flexibility index (Phi) is 5.00. The Balaban J connectivity index is 1.65. The second kappa shape index (κ2) is 7.51. The average molecular weight is 439 g/mol. The molecule has 9 heteroatoms. The summed E-state index contributed by atoms with van der Waals surface area (Å²) < 4.78 is 27.5.